The van der Waals surface area contributed by atoms with Gasteiger partial charge in [0.25, 0.3) is 0 Å². The molecule has 0 aliphatic rings. The highest BCUT2D eigenvalue weighted by Crippen LogP contribution is 2.32. The van der Waals surface area contributed by atoms with Crippen molar-refractivity contribution >= 4 is 19.7 Å². The van der Waals surface area contributed by atoms with E-state index in [1.54, 1.807) is 0 Å². The monoisotopic (exact) mass is 377 g/mol. The molecule has 0 saturated carbocycles. The molecular weight excluding hydrogens is 350 g/mol. The van der Waals surface area contributed by atoms with Crippen molar-refractivity contribution in [3.8, 4) is 5.75 Å². The van der Waals surface area contributed by atoms with Gasteiger partial charge in [0.05, 0.1) is 11.4 Å². The zero-order valence-electron chi connectivity index (χ0n) is 16.9. The Bertz CT molecular complexity index is 969. The lowest BCUT2D eigenvalue weighted by Gasteiger charge is -2.21. The SMILES string of the molecule is Cc1ccc(N=C(c2ccccc2)c2cn(C)nc2C)c(O[Si](C)(C)C)c1. The van der Waals surface area contributed by atoms with Gasteiger partial charge in [-0.3, -0.25) is 4.68 Å². The van der Waals surface area contributed by atoms with Gasteiger partial charge >= 0.3 is 0 Å². The molecule has 0 radical (unpaired) electrons. The summed E-state index contributed by atoms with van der Waals surface area (Å²) in [6, 6.07) is 16.4. The molecule has 3 aromatic rings. The first-order valence-electron chi connectivity index (χ1n) is 9.17. The second kappa shape index (κ2) is 7.52. The first-order valence-corrected chi connectivity index (χ1v) is 12.6. The molecule has 0 atom stereocenters. The van der Waals surface area contributed by atoms with Crippen molar-refractivity contribution in [3.63, 3.8) is 0 Å². The minimum Gasteiger partial charge on any atom is -0.543 e. The fourth-order valence-electron chi connectivity index (χ4n) is 2.95. The molecule has 0 fully saturated rings. The van der Waals surface area contributed by atoms with Gasteiger partial charge in [-0.05, 0) is 51.2 Å². The molecular formula is C22H27N3OSi. The maximum absolute atomic E-state index is 6.33. The normalized spacial score (nSPS) is 12.3. The number of rotatable bonds is 5. The van der Waals surface area contributed by atoms with E-state index >= 15 is 0 Å². The van der Waals surface area contributed by atoms with Gasteiger partial charge in [0, 0.05) is 24.4 Å². The van der Waals surface area contributed by atoms with Crippen molar-refractivity contribution in [1.29, 1.82) is 0 Å². The number of nitrogens with zero attached hydrogens (tertiary/aromatic N) is 3. The molecule has 5 heteroatoms. The summed E-state index contributed by atoms with van der Waals surface area (Å²) in [7, 11) is 0.181. The Morgan fingerprint density at radius 3 is 2.33 bits per heavy atom. The van der Waals surface area contributed by atoms with E-state index in [9.17, 15) is 0 Å². The quantitative estimate of drug-likeness (QED) is 0.440. The van der Waals surface area contributed by atoms with Crippen molar-refractivity contribution < 1.29 is 4.43 Å². The maximum atomic E-state index is 6.33. The molecule has 0 unspecified atom stereocenters. The van der Waals surface area contributed by atoms with Crippen LogP contribution in [0.3, 0.4) is 0 Å². The molecule has 0 spiro atoms. The molecule has 2 aromatic carbocycles. The lowest BCUT2D eigenvalue weighted by Crippen LogP contribution is -2.29. The van der Waals surface area contributed by atoms with Crippen molar-refractivity contribution in [3.05, 3.63) is 77.1 Å². The molecule has 0 aliphatic heterocycles. The molecule has 27 heavy (non-hydrogen) atoms. The summed E-state index contributed by atoms with van der Waals surface area (Å²) in [5, 5.41) is 4.51. The molecule has 1 aromatic heterocycles. The summed E-state index contributed by atoms with van der Waals surface area (Å²) in [6.45, 7) is 10.7. The first-order chi connectivity index (χ1) is 12.7. The van der Waals surface area contributed by atoms with Gasteiger partial charge in [-0.1, -0.05) is 36.4 Å². The molecule has 0 aliphatic carbocycles. The number of aryl methyl sites for hydroxylation is 3. The van der Waals surface area contributed by atoms with E-state index in [-0.39, 0.29) is 0 Å². The molecule has 0 amide bonds. The average Bonchev–Trinajstić information content (AvgIpc) is 2.92. The van der Waals surface area contributed by atoms with Gasteiger partial charge in [0.1, 0.15) is 11.4 Å². The lowest BCUT2D eigenvalue weighted by molar-refractivity contribution is 0.558. The van der Waals surface area contributed by atoms with Gasteiger partial charge in [0.15, 0.2) is 0 Å². The summed E-state index contributed by atoms with van der Waals surface area (Å²) < 4.78 is 8.16. The van der Waals surface area contributed by atoms with Gasteiger partial charge in [-0.2, -0.15) is 5.10 Å². The van der Waals surface area contributed by atoms with Crippen LogP contribution in [0, 0.1) is 13.8 Å². The van der Waals surface area contributed by atoms with E-state index in [0.29, 0.717) is 0 Å². The van der Waals surface area contributed by atoms with E-state index in [1.807, 2.05) is 49.1 Å². The number of aromatic nitrogens is 2. The summed E-state index contributed by atoms with van der Waals surface area (Å²) >= 11 is 0. The molecule has 4 nitrogen and oxygen atoms in total. The van der Waals surface area contributed by atoms with Crippen LogP contribution in [0.2, 0.25) is 19.6 Å². The van der Waals surface area contributed by atoms with Crippen LogP contribution in [0.4, 0.5) is 5.69 Å². The number of benzene rings is 2. The summed E-state index contributed by atoms with van der Waals surface area (Å²) in [4.78, 5) is 5.06. The van der Waals surface area contributed by atoms with Crippen LogP contribution in [-0.2, 0) is 7.05 Å². The van der Waals surface area contributed by atoms with E-state index in [2.05, 4.69) is 55.9 Å². The van der Waals surface area contributed by atoms with Crippen LogP contribution in [0.1, 0.15) is 22.4 Å². The van der Waals surface area contributed by atoms with Crippen molar-refractivity contribution in [2.45, 2.75) is 33.5 Å². The van der Waals surface area contributed by atoms with E-state index < -0.39 is 8.32 Å². The van der Waals surface area contributed by atoms with Crippen LogP contribution >= 0.6 is 0 Å². The van der Waals surface area contributed by atoms with Gasteiger partial charge in [-0.15, -0.1) is 0 Å². The van der Waals surface area contributed by atoms with E-state index in [1.165, 1.54) is 5.56 Å². The third-order valence-electron chi connectivity index (χ3n) is 4.08. The number of hydrogen-bond acceptors (Lipinski definition) is 3. The van der Waals surface area contributed by atoms with Crippen LogP contribution in [-0.4, -0.2) is 23.8 Å². The van der Waals surface area contributed by atoms with Gasteiger partial charge in [-0.25, -0.2) is 4.99 Å². The predicted octanol–water partition coefficient (Wildman–Crippen LogP) is 5.42. The van der Waals surface area contributed by atoms with E-state index in [0.717, 1.165) is 34.0 Å². The second-order valence-electron chi connectivity index (χ2n) is 7.81. The second-order valence-corrected chi connectivity index (χ2v) is 12.2. The molecule has 0 bridgehead atoms. The summed E-state index contributed by atoms with van der Waals surface area (Å²) in [5.74, 6) is 0.851. The van der Waals surface area contributed by atoms with Crippen LogP contribution in [0.5, 0.6) is 5.75 Å². The lowest BCUT2D eigenvalue weighted by atomic mass is 10.0. The Labute approximate surface area is 162 Å². The Balaban J connectivity index is 2.19. The first kappa shape index (κ1) is 19.1. The standard InChI is InChI=1S/C22H27N3OSi/c1-16-12-13-20(21(14-16)26-27(4,5)6)23-22(18-10-8-7-9-11-18)19-15-25(3)24-17(19)2/h7-15H,1-6H3. The zero-order valence-corrected chi connectivity index (χ0v) is 17.9. The third kappa shape index (κ3) is 4.74. The highest BCUT2D eigenvalue weighted by Gasteiger charge is 2.20. The van der Waals surface area contributed by atoms with Gasteiger partial charge in [0.2, 0.25) is 8.32 Å². The highest BCUT2D eigenvalue weighted by molar-refractivity contribution is 6.70. The Hall–Kier alpha value is -2.66. The number of aliphatic imine (C=N–C) groups is 1. The van der Waals surface area contributed by atoms with Gasteiger partial charge < -0.3 is 4.43 Å². The highest BCUT2D eigenvalue weighted by atomic mass is 28.4. The summed E-state index contributed by atoms with van der Waals surface area (Å²) in [5.41, 5.74) is 5.98. The number of hydrogen-bond donors (Lipinski definition) is 0. The Kier molecular flexibility index (Phi) is 5.33. The average molecular weight is 378 g/mol. The van der Waals surface area contributed by atoms with Crippen LogP contribution in [0.25, 0.3) is 0 Å². The largest absolute Gasteiger partial charge is 0.543 e. The van der Waals surface area contributed by atoms with Crippen LogP contribution < -0.4 is 4.43 Å². The predicted molar refractivity (Wildman–Crippen MR) is 115 cm³/mol. The minimum atomic E-state index is -1.75. The van der Waals surface area contributed by atoms with E-state index in [4.69, 9.17) is 9.42 Å². The molecule has 140 valence electrons. The Morgan fingerprint density at radius 1 is 1.04 bits per heavy atom. The Morgan fingerprint density at radius 2 is 1.74 bits per heavy atom. The fraction of sp³-hybridized carbons (Fsp3) is 0.273. The molecule has 0 saturated heterocycles. The fourth-order valence-corrected chi connectivity index (χ4v) is 3.78. The molecule has 1 heterocycles. The zero-order chi connectivity index (χ0) is 19.6. The third-order valence-corrected chi connectivity index (χ3v) is 4.91. The van der Waals surface area contributed by atoms with Crippen LogP contribution in [0.15, 0.2) is 59.7 Å². The minimum absolute atomic E-state index is 0.851. The molecule has 3 rings (SSSR count). The van der Waals surface area contributed by atoms with Crippen molar-refractivity contribution in [1.82, 2.24) is 9.78 Å². The maximum Gasteiger partial charge on any atom is 0.242 e. The summed E-state index contributed by atoms with van der Waals surface area (Å²) in [6.07, 6.45) is 2.02. The van der Waals surface area contributed by atoms with Crippen molar-refractivity contribution in [2.75, 3.05) is 0 Å². The van der Waals surface area contributed by atoms with Crippen molar-refractivity contribution in [2.24, 2.45) is 12.0 Å². The topological polar surface area (TPSA) is 39.4 Å². The smallest absolute Gasteiger partial charge is 0.242 e. The molecule has 0 N–H and O–H groups in total.